The fraction of sp³-hybridized carbons (Fsp3) is 0.214. The topological polar surface area (TPSA) is 115 Å². The molecule has 0 bridgehead atoms. The number of hydrogen-bond acceptors (Lipinski definition) is 6. The summed E-state index contributed by atoms with van der Waals surface area (Å²) >= 11 is 0. The summed E-state index contributed by atoms with van der Waals surface area (Å²) in [5, 5.41) is 0. The number of nitrogens with two attached hydrogens (primary N) is 1. The van der Waals surface area contributed by atoms with E-state index in [2.05, 4.69) is 14.7 Å². The van der Waals surface area contributed by atoms with Crippen LogP contribution in [0.5, 0.6) is 0 Å². The zero-order valence-corrected chi connectivity index (χ0v) is 13.0. The Morgan fingerprint density at radius 2 is 2.00 bits per heavy atom. The number of nitrogens with one attached hydrogen (secondary N) is 1. The van der Waals surface area contributed by atoms with Crippen LogP contribution in [0.25, 0.3) is 11.1 Å². The second-order valence-corrected chi connectivity index (χ2v) is 6.58. The molecule has 2 aromatic heterocycles. The van der Waals surface area contributed by atoms with Crippen LogP contribution in [0.1, 0.15) is 12.6 Å². The van der Waals surface area contributed by atoms with Gasteiger partial charge in [-0.05, 0) is 37.7 Å². The first-order chi connectivity index (χ1) is 10.3. The highest BCUT2D eigenvalue weighted by atomic mass is 32.2. The van der Waals surface area contributed by atoms with Crippen LogP contribution in [-0.4, -0.2) is 31.2 Å². The van der Waals surface area contributed by atoms with Crippen molar-refractivity contribution in [3.63, 3.8) is 0 Å². The second-order valence-electron chi connectivity index (χ2n) is 4.73. The van der Waals surface area contributed by atoms with Gasteiger partial charge in [0.2, 0.25) is 10.0 Å². The van der Waals surface area contributed by atoms with Crippen LogP contribution >= 0.6 is 0 Å². The van der Waals surface area contributed by atoms with Crippen LogP contribution in [0.3, 0.4) is 0 Å². The minimum Gasteiger partial charge on any atom is -0.383 e. The normalized spacial score (nSPS) is 11.4. The summed E-state index contributed by atoms with van der Waals surface area (Å²) in [5.74, 6) is -0.0744. The third-order valence-electron chi connectivity index (χ3n) is 3.02. The fourth-order valence-electron chi connectivity index (χ4n) is 1.95. The summed E-state index contributed by atoms with van der Waals surface area (Å²) in [6.45, 7) is 1.48. The number of carbonyl (C=O) groups excluding carboxylic acids is 1. The molecule has 116 valence electrons. The quantitative estimate of drug-likeness (QED) is 0.840. The van der Waals surface area contributed by atoms with Crippen molar-refractivity contribution >= 4 is 21.6 Å². The number of sulfonamides is 1. The molecule has 0 aromatic carbocycles. The molecular formula is C14H16N4O3S. The average molecular weight is 320 g/mol. The first-order valence-corrected chi connectivity index (χ1v) is 7.95. The third-order valence-corrected chi connectivity index (χ3v) is 4.46. The number of rotatable bonds is 5. The Hall–Kier alpha value is -2.32. The number of aromatic nitrogens is 2. The van der Waals surface area contributed by atoms with Gasteiger partial charge < -0.3 is 5.73 Å². The molecule has 22 heavy (non-hydrogen) atoms. The van der Waals surface area contributed by atoms with Crippen molar-refractivity contribution in [1.82, 2.24) is 14.7 Å². The van der Waals surface area contributed by atoms with Gasteiger partial charge in [-0.3, -0.25) is 9.78 Å². The number of nitrogen functional groups attached to an aromatic ring is 1. The lowest BCUT2D eigenvalue weighted by molar-refractivity contribution is -0.116. The lowest BCUT2D eigenvalue weighted by Crippen LogP contribution is -2.20. The number of Topliss-reactive ketones (excluding diaryl/α,β-unsaturated/α-hetero) is 1. The molecule has 0 saturated heterocycles. The number of anilines is 1. The maximum absolute atomic E-state index is 11.9. The van der Waals surface area contributed by atoms with Gasteiger partial charge in [0, 0.05) is 30.1 Å². The van der Waals surface area contributed by atoms with E-state index < -0.39 is 10.0 Å². The van der Waals surface area contributed by atoms with Crippen LogP contribution in [0.15, 0.2) is 35.5 Å². The Morgan fingerprint density at radius 1 is 1.27 bits per heavy atom. The molecule has 7 nitrogen and oxygen atoms in total. The Kier molecular flexibility index (Phi) is 4.53. The molecule has 0 aliphatic heterocycles. The Labute approximate surface area is 128 Å². The van der Waals surface area contributed by atoms with E-state index in [1.807, 2.05) is 0 Å². The molecule has 0 saturated carbocycles. The molecule has 2 aromatic rings. The number of ketones is 1. The number of pyridine rings is 2. The van der Waals surface area contributed by atoms with Crippen molar-refractivity contribution in [3.05, 3.63) is 36.3 Å². The molecule has 2 rings (SSSR count). The van der Waals surface area contributed by atoms with Crippen molar-refractivity contribution in [2.45, 2.75) is 18.2 Å². The van der Waals surface area contributed by atoms with E-state index >= 15 is 0 Å². The summed E-state index contributed by atoms with van der Waals surface area (Å²) in [6, 6.07) is 4.89. The average Bonchev–Trinajstić information content (AvgIpc) is 2.47. The lowest BCUT2D eigenvalue weighted by Gasteiger charge is -2.09. The minimum atomic E-state index is -3.70. The van der Waals surface area contributed by atoms with Crippen molar-refractivity contribution in [1.29, 1.82) is 0 Å². The summed E-state index contributed by atoms with van der Waals surface area (Å²) in [7, 11) is -2.39. The van der Waals surface area contributed by atoms with Gasteiger partial charge in [0.1, 0.15) is 16.5 Å². The van der Waals surface area contributed by atoms with E-state index in [0.717, 1.165) is 0 Å². The molecule has 0 spiro atoms. The van der Waals surface area contributed by atoms with Crippen molar-refractivity contribution in [2.24, 2.45) is 0 Å². The first-order valence-electron chi connectivity index (χ1n) is 6.47. The van der Waals surface area contributed by atoms with Crippen LogP contribution < -0.4 is 10.5 Å². The van der Waals surface area contributed by atoms with Gasteiger partial charge in [0.15, 0.2) is 0 Å². The maximum atomic E-state index is 11.9. The van der Waals surface area contributed by atoms with Gasteiger partial charge in [-0.15, -0.1) is 0 Å². The highest BCUT2D eigenvalue weighted by Crippen LogP contribution is 2.25. The fourth-order valence-corrected chi connectivity index (χ4v) is 2.78. The van der Waals surface area contributed by atoms with E-state index in [0.29, 0.717) is 16.8 Å². The van der Waals surface area contributed by atoms with Gasteiger partial charge in [-0.2, -0.15) is 0 Å². The van der Waals surface area contributed by atoms with Gasteiger partial charge >= 0.3 is 0 Å². The van der Waals surface area contributed by atoms with Gasteiger partial charge in [-0.25, -0.2) is 18.1 Å². The van der Waals surface area contributed by atoms with Crippen LogP contribution in [0.2, 0.25) is 0 Å². The monoisotopic (exact) mass is 320 g/mol. The smallest absolute Gasteiger partial charge is 0.243 e. The van der Waals surface area contributed by atoms with Gasteiger partial charge in [-0.1, -0.05) is 0 Å². The molecule has 0 aliphatic carbocycles. The van der Waals surface area contributed by atoms with E-state index in [9.17, 15) is 13.2 Å². The van der Waals surface area contributed by atoms with Gasteiger partial charge in [0.05, 0.1) is 0 Å². The van der Waals surface area contributed by atoms with E-state index in [1.54, 1.807) is 18.3 Å². The minimum absolute atomic E-state index is 0.00136. The molecule has 0 aliphatic rings. The second kappa shape index (κ2) is 6.20. The summed E-state index contributed by atoms with van der Waals surface area (Å²) in [5.41, 5.74) is 7.54. The molecule has 3 N–H and O–H groups in total. The SMILES string of the molecule is CNS(=O)(=O)c1cc(-c2ccnc(CC(C)=O)c2)cnc1N. The van der Waals surface area contributed by atoms with E-state index in [-0.39, 0.29) is 22.9 Å². The molecule has 0 unspecified atom stereocenters. The Morgan fingerprint density at radius 3 is 2.64 bits per heavy atom. The zero-order valence-electron chi connectivity index (χ0n) is 12.2. The van der Waals surface area contributed by atoms with Gasteiger partial charge in [0.25, 0.3) is 0 Å². The molecule has 0 radical (unpaired) electrons. The van der Waals surface area contributed by atoms with E-state index in [4.69, 9.17) is 5.73 Å². The standard InChI is InChI=1S/C14H16N4O3S/c1-9(19)5-12-6-10(3-4-17-12)11-7-13(14(15)18-8-11)22(20,21)16-2/h3-4,6-8,16H,5H2,1-2H3,(H2,15,18). The van der Waals surface area contributed by atoms with Crippen molar-refractivity contribution in [2.75, 3.05) is 12.8 Å². The largest absolute Gasteiger partial charge is 0.383 e. The molecule has 8 heteroatoms. The number of nitrogens with zero attached hydrogens (tertiary/aromatic N) is 2. The molecule has 0 amide bonds. The molecule has 2 heterocycles. The van der Waals surface area contributed by atoms with Crippen molar-refractivity contribution in [3.8, 4) is 11.1 Å². The highest BCUT2D eigenvalue weighted by molar-refractivity contribution is 7.89. The Balaban J connectivity index is 2.50. The molecule has 0 atom stereocenters. The molecular weight excluding hydrogens is 304 g/mol. The number of carbonyl (C=O) groups is 1. The summed E-state index contributed by atoms with van der Waals surface area (Å²) in [6.07, 6.45) is 3.27. The van der Waals surface area contributed by atoms with Crippen LogP contribution in [0.4, 0.5) is 5.82 Å². The summed E-state index contributed by atoms with van der Waals surface area (Å²) < 4.78 is 26.1. The predicted molar refractivity (Wildman–Crippen MR) is 82.5 cm³/mol. The maximum Gasteiger partial charge on any atom is 0.243 e. The lowest BCUT2D eigenvalue weighted by atomic mass is 10.1. The van der Waals surface area contributed by atoms with E-state index in [1.165, 1.54) is 26.2 Å². The zero-order chi connectivity index (χ0) is 16.3. The third kappa shape index (κ3) is 3.46. The summed E-state index contributed by atoms with van der Waals surface area (Å²) in [4.78, 5) is 19.1. The predicted octanol–water partition coefficient (Wildman–Crippen LogP) is 0.765. The van der Waals surface area contributed by atoms with Crippen LogP contribution in [-0.2, 0) is 21.2 Å². The first kappa shape index (κ1) is 16.1. The van der Waals surface area contributed by atoms with Crippen LogP contribution in [0, 0.1) is 0 Å². The Bertz CT molecular complexity index is 819. The van der Waals surface area contributed by atoms with Crippen molar-refractivity contribution < 1.29 is 13.2 Å². The highest BCUT2D eigenvalue weighted by Gasteiger charge is 2.17. The number of hydrogen-bond donors (Lipinski definition) is 2. The molecule has 0 fully saturated rings.